The first-order chi connectivity index (χ1) is 9.72. The summed E-state index contributed by atoms with van der Waals surface area (Å²) in [5.41, 5.74) is 0.878. The summed E-state index contributed by atoms with van der Waals surface area (Å²) in [6.45, 7) is 0.447. The van der Waals surface area contributed by atoms with Gasteiger partial charge in [-0.2, -0.15) is 0 Å². The minimum absolute atomic E-state index is 0.0644. The van der Waals surface area contributed by atoms with Crippen LogP contribution in [0.2, 0.25) is 0 Å². The Labute approximate surface area is 119 Å². The van der Waals surface area contributed by atoms with Gasteiger partial charge < -0.3 is 15.2 Å². The number of rotatable bonds is 4. The highest BCUT2D eigenvalue weighted by Gasteiger charge is 2.52. The molecule has 0 unspecified atom stereocenters. The Balaban J connectivity index is 1.52. The van der Waals surface area contributed by atoms with Crippen molar-refractivity contribution in [1.29, 1.82) is 0 Å². The Morgan fingerprint density at radius 1 is 1.40 bits per heavy atom. The highest BCUT2D eigenvalue weighted by Crippen LogP contribution is 2.53. The monoisotopic (exact) mass is 275 g/mol. The second-order valence-corrected chi connectivity index (χ2v) is 6.12. The van der Waals surface area contributed by atoms with E-state index in [1.807, 2.05) is 30.3 Å². The molecule has 2 aliphatic carbocycles. The van der Waals surface area contributed by atoms with E-state index in [2.05, 4.69) is 5.32 Å². The lowest BCUT2D eigenvalue weighted by Crippen LogP contribution is -2.47. The van der Waals surface area contributed by atoms with Crippen LogP contribution >= 0.6 is 0 Å². The number of nitrogens with one attached hydrogen (secondary N) is 1. The van der Waals surface area contributed by atoms with Gasteiger partial charge in [0.25, 0.3) is 0 Å². The molecule has 0 aliphatic heterocycles. The average Bonchev–Trinajstić information content (AvgIpc) is 3.05. The lowest BCUT2D eigenvalue weighted by atomic mass is 9.81. The van der Waals surface area contributed by atoms with Crippen molar-refractivity contribution in [1.82, 2.24) is 5.32 Å². The molecule has 0 aromatic heterocycles. The third kappa shape index (κ3) is 2.52. The maximum absolute atomic E-state index is 11.9. The molecular formula is C16H21NO3. The van der Waals surface area contributed by atoms with E-state index in [4.69, 9.17) is 4.74 Å². The number of amides is 1. The van der Waals surface area contributed by atoms with Crippen LogP contribution in [0.1, 0.15) is 31.2 Å². The van der Waals surface area contributed by atoms with E-state index in [9.17, 15) is 9.90 Å². The number of carbonyl (C=O) groups is 1. The van der Waals surface area contributed by atoms with Crippen LogP contribution in [0.15, 0.2) is 30.3 Å². The molecule has 1 aromatic carbocycles. The van der Waals surface area contributed by atoms with Crippen LogP contribution in [0.3, 0.4) is 0 Å². The van der Waals surface area contributed by atoms with Gasteiger partial charge in [-0.1, -0.05) is 30.3 Å². The number of carbonyl (C=O) groups excluding carboxylic acids is 1. The predicted molar refractivity (Wildman–Crippen MR) is 75.0 cm³/mol. The molecule has 4 heteroatoms. The molecule has 0 radical (unpaired) electrons. The van der Waals surface area contributed by atoms with Crippen LogP contribution in [-0.4, -0.2) is 23.8 Å². The fraction of sp³-hybridized carbons (Fsp3) is 0.562. The van der Waals surface area contributed by atoms with E-state index in [1.54, 1.807) is 0 Å². The van der Waals surface area contributed by atoms with Crippen molar-refractivity contribution in [3.05, 3.63) is 35.9 Å². The zero-order valence-electron chi connectivity index (χ0n) is 11.5. The van der Waals surface area contributed by atoms with Crippen LogP contribution < -0.4 is 5.32 Å². The molecule has 2 bridgehead atoms. The summed E-state index contributed by atoms with van der Waals surface area (Å²) in [4.78, 5) is 11.9. The number of fused-ring (bicyclic) bond motifs is 2. The summed E-state index contributed by atoms with van der Waals surface area (Å²) in [7, 11) is 0. The van der Waals surface area contributed by atoms with E-state index in [1.165, 1.54) is 6.42 Å². The minimum Gasteiger partial charge on any atom is -0.445 e. The molecule has 2 N–H and O–H groups in total. The maximum atomic E-state index is 11.9. The van der Waals surface area contributed by atoms with Crippen LogP contribution in [0.25, 0.3) is 0 Å². The highest BCUT2D eigenvalue weighted by molar-refractivity contribution is 5.67. The smallest absolute Gasteiger partial charge is 0.407 e. The molecule has 1 amide bonds. The van der Waals surface area contributed by atoms with E-state index in [-0.39, 0.29) is 30.8 Å². The summed E-state index contributed by atoms with van der Waals surface area (Å²) in [6.07, 6.45) is 3.82. The fourth-order valence-corrected chi connectivity index (χ4v) is 3.74. The van der Waals surface area contributed by atoms with Gasteiger partial charge in [0.15, 0.2) is 0 Å². The summed E-state index contributed by atoms with van der Waals surface area (Å²) in [5.74, 6) is 0.654. The predicted octanol–water partition coefficient (Wildman–Crippen LogP) is 2.46. The lowest BCUT2D eigenvalue weighted by Gasteiger charge is -2.33. The van der Waals surface area contributed by atoms with Gasteiger partial charge in [0.1, 0.15) is 6.61 Å². The second kappa shape index (κ2) is 5.44. The summed E-state index contributed by atoms with van der Waals surface area (Å²) in [5, 5.41) is 12.6. The molecule has 0 heterocycles. The number of hydrogen-bond acceptors (Lipinski definition) is 3. The first kappa shape index (κ1) is 13.4. The SMILES string of the molecule is O=C(N[C@H]1C[C@H]2CC[C@]1(CO)C2)OCc1ccccc1. The average molecular weight is 275 g/mol. The van der Waals surface area contributed by atoms with Crippen molar-refractivity contribution >= 4 is 6.09 Å². The van der Waals surface area contributed by atoms with Crippen LogP contribution in [0.5, 0.6) is 0 Å². The van der Waals surface area contributed by atoms with Gasteiger partial charge in [-0.25, -0.2) is 4.79 Å². The van der Waals surface area contributed by atoms with E-state index in [0.29, 0.717) is 5.92 Å². The summed E-state index contributed by atoms with van der Waals surface area (Å²) >= 11 is 0. The number of aliphatic hydroxyl groups is 1. The molecule has 4 nitrogen and oxygen atoms in total. The van der Waals surface area contributed by atoms with Gasteiger partial charge in [-0.3, -0.25) is 0 Å². The standard InChI is InChI=1S/C16H21NO3/c18-11-16-7-6-13(9-16)8-14(16)17-15(19)20-10-12-4-2-1-3-5-12/h1-5,13-14,18H,6-11H2,(H,17,19)/t13-,14+,16-/m1/s1. The van der Waals surface area contributed by atoms with Crippen LogP contribution in [0, 0.1) is 11.3 Å². The zero-order valence-corrected chi connectivity index (χ0v) is 11.5. The molecule has 2 aliphatic rings. The molecule has 0 saturated heterocycles. The summed E-state index contributed by atoms with van der Waals surface area (Å²) < 4.78 is 5.26. The van der Waals surface area contributed by atoms with E-state index in [0.717, 1.165) is 24.8 Å². The zero-order chi connectivity index (χ0) is 14.0. The van der Waals surface area contributed by atoms with Crippen molar-refractivity contribution in [2.45, 2.75) is 38.3 Å². The molecule has 3 atom stereocenters. The second-order valence-electron chi connectivity index (χ2n) is 6.12. The molecule has 108 valence electrons. The molecular weight excluding hydrogens is 254 g/mol. The molecule has 1 aromatic rings. The van der Waals surface area contributed by atoms with Gasteiger partial charge in [-0.15, -0.1) is 0 Å². The molecule has 2 saturated carbocycles. The first-order valence-electron chi connectivity index (χ1n) is 7.30. The van der Waals surface area contributed by atoms with Gasteiger partial charge >= 0.3 is 6.09 Å². The first-order valence-corrected chi connectivity index (χ1v) is 7.30. The molecule has 3 rings (SSSR count). The van der Waals surface area contributed by atoms with Gasteiger partial charge in [0, 0.05) is 11.5 Å². The molecule has 20 heavy (non-hydrogen) atoms. The van der Waals surface area contributed by atoms with E-state index >= 15 is 0 Å². The third-order valence-corrected chi connectivity index (χ3v) is 4.87. The third-order valence-electron chi connectivity index (χ3n) is 4.87. The quantitative estimate of drug-likeness (QED) is 0.887. The number of aliphatic hydroxyl groups excluding tert-OH is 1. The normalized spacial score (nSPS) is 31.2. The van der Waals surface area contributed by atoms with Crippen molar-refractivity contribution in [3.63, 3.8) is 0 Å². The Kier molecular flexibility index (Phi) is 3.66. The number of ether oxygens (including phenoxy) is 1. The van der Waals surface area contributed by atoms with Crippen molar-refractivity contribution in [2.24, 2.45) is 11.3 Å². The maximum Gasteiger partial charge on any atom is 0.407 e. The number of benzene rings is 1. The van der Waals surface area contributed by atoms with Gasteiger partial charge in [0.2, 0.25) is 0 Å². The van der Waals surface area contributed by atoms with Crippen molar-refractivity contribution < 1.29 is 14.6 Å². The van der Waals surface area contributed by atoms with Crippen molar-refractivity contribution in [2.75, 3.05) is 6.61 Å². The Bertz CT molecular complexity index is 476. The topological polar surface area (TPSA) is 58.6 Å². The Morgan fingerprint density at radius 3 is 2.90 bits per heavy atom. The Hall–Kier alpha value is -1.55. The van der Waals surface area contributed by atoms with Gasteiger partial charge in [-0.05, 0) is 37.2 Å². The van der Waals surface area contributed by atoms with E-state index < -0.39 is 0 Å². The molecule has 2 fully saturated rings. The largest absolute Gasteiger partial charge is 0.445 e. The van der Waals surface area contributed by atoms with Gasteiger partial charge in [0.05, 0.1) is 6.61 Å². The van der Waals surface area contributed by atoms with Crippen LogP contribution in [-0.2, 0) is 11.3 Å². The number of hydrogen-bond donors (Lipinski definition) is 2. The minimum atomic E-state index is -0.376. The fourth-order valence-electron chi connectivity index (χ4n) is 3.74. The Morgan fingerprint density at radius 2 is 2.20 bits per heavy atom. The number of alkyl carbamates (subject to hydrolysis) is 1. The lowest BCUT2D eigenvalue weighted by molar-refractivity contribution is 0.0857. The summed E-state index contributed by atoms with van der Waals surface area (Å²) in [6, 6.07) is 9.71. The highest BCUT2D eigenvalue weighted by atomic mass is 16.5. The molecule has 0 spiro atoms. The van der Waals surface area contributed by atoms with Crippen molar-refractivity contribution in [3.8, 4) is 0 Å². The van der Waals surface area contributed by atoms with Crippen LogP contribution in [0.4, 0.5) is 4.79 Å².